The van der Waals surface area contributed by atoms with Gasteiger partial charge in [0.15, 0.2) is 0 Å². The molecule has 1 atom stereocenters. The molecule has 0 nitrogen and oxygen atoms in total. The molecule has 1 unspecified atom stereocenters. The maximum Gasteiger partial charge on any atom is 0.126 e. The zero-order chi connectivity index (χ0) is 12.3. The van der Waals surface area contributed by atoms with Gasteiger partial charge in [-0.25, -0.2) is 4.39 Å². The first-order valence-electron chi connectivity index (χ1n) is 5.30. The van der Waals surface area contributed by atoms with Gasteiger partial charge in [0.2, 0.25) is 0 Å². The molecule has 2 aromatic carbocycles. The van der Waals surface area contributed by atoms with E-state index < -0.39 is 0 Å². The summed E-state index contributed by atoms with van der Waals surface area (Å²) in [5.41, 5.74) is 1.92. The van der Waals surface area contributed by atoms with E-state index in [-0.39, 0.29) is 10.6 Å². The van der Waals surface area contributed by atoms with Gasteiger partial charge < -0.3 is 0 Å². The molecule has 0 amide bonds. The summed E-state index contributed by atoms with van der Waals surface area (Å²) in [6, 6.07) is 15.2. The van der Waals surface area contributed by atoms with Crippen molar-refractivity contribution in [1.82, 2.24) is 0 Å². The van der Waals surface area contributed by atoms with Gasteiger partial charge in [-0.3, -0.25) is 0 Å². The largest absolute Gasteiger partial charge is 0.207 e. The van der Waals surface area contributed by atoms with Crippen LogP contribution in [0.2, 0.25) is 0 Å². The lowest BCUT2D eigenvalue weighted by Gasteiger charge is -2.11. The molecule has 17 heavy (non-hydrogen) atoms. The molecular weight excluding hydrogens is 394 g/mol. The molecule has 0 saturated heterocycles. The average molecular weight is 405 g/mol. The Bertz CT molecular complexity index is 496. The van der Waals surface area contributed by atoms with Crippen molar-refractivity contribution in [2.45, 2.75) is 11.2 Å². The minimum absolute atomic E-state index is 0.137. The predicted octanol–water partition coefficient (Wildman–Crippen LogP) is 5.11. The van der Waals surface area contributed by atoms with E-state index in [9.17, 15) is 4.39 Å². The third-order valence-corrected chi connectivity index (χ3v) is 4.16. The van der Waals surface area contributed by atoms with Crippen molar-refractivity contribution in [2.24, 2.45) is 0 Å². The Kier molecular flexibility index (Phi) is 4.56. The van der Waals surface area contributed by atoms with Gasteiger partial charge in [0.1, 0.15) is 5.82 Å². The van der Waals surface area contributed by atoms with E-state index in [2.05, 4.69) is 62.8 Å². The quantitative estimate of drug-likeness (QED) is 0.492. The van der Waals surface area contributed by atoms with Crippen LogP contribution in [0, 0.1) is 9.39 Å². The Morgan fingerprint density at radius 1 is 1.06 bits per heavy atom. The van der Waals surface area contributed by atoms with Crippen LogP contribution in [0.4, 0.5) is 4.39 Å². The zero-order valence-electron chi connectivity index (χ0n) is 9.04. The Hall–Kier alpha value is -0.420. The van der Waals surface area contributed by atoms with Crippen molar-refractivity contribution < 1.29 is 4.39 Å². The summed E-state index contributed by atoms with van der Waals surface area (Å²) >= 11 is 5.89. The summed E-state index contributed by atoms with van der Waals surface area (Å²) in [5.74, 6) is -0.137. The summed E-state index contributed by atoms with van der Waals surface area (Å²) in [6.45, 7) is 0. The second-order valence-corrected chi connectivity index (χ2v) is 6.17. The molecule has 0 spiro atoms. The first-order chi connectivity index (χ1) is 8.16. The fraction of sp³-hybridized carbons (Fsp3) is 0.143. The first kappa shape index (κ1) is 13.0. The topological polar surface area (TPSA) is 0 Å². The third kappa shape index (κ3) is 3.52. The molecule has 0 aliphatic carbocycles. The minimum Gasteiger partial charge on any atom is -0.207 e. The third-order valence-electron chi connectivity index (χ3n) is 2.59. The molecule has 2 aromatic rings. The van der Waals surface area contributed by atoms with E-state index in [1.165, 1.54) is 15.2 Å². The maximum absolute atomic E-state index is 13.5. The second-order valence-electron chi connectivity index (χ2n) is 3.81. The van der Waals surface area contributed by atoms with E-state index >= 15 is 0 Å². The Balaban J connectivity index is 2.14. The van der Waals surface area contributed by atoms with Gasteiger partial charge >= 0.3 is 0 Å². The van der Waals surface area contributed by atoms with Crippen LogP contribution in [-0.2, 0) is 6.42 Å². The molecule has 0 N–H and O–H groups in total. The summed E-state index contributed by atoms with van der Waals surface area (Å²) in [4.78, 5) is 0.149. The summed E-state index contributed by atoms with van der Waals surface area (Å²) in [7, 11) is 0. The highest BCUT2D eigenvalue weighted by Crippen LogP contribution is 2.28. The minimum atomic E-state index is -0.137. The summed E-state index contributed by atoms with van der Waals surface area (Å²) in [6.07, 6.45) is 0.660. The number of benzene rings is 2. The van der Waals surface area contributed by atoms with Crippen LogP contribution in [0.15, 0.2) is 48.5 Å². The van der Waals surface area contributed by atoms with Crippen molar-refractivity contribution in [3.8, 4) is 0 Å². The van der Waals surface area contributed by atoms with Gasteiger partial charge in [-0.1, -0.05) is 46.3 Å². The van der Waals surface area contributed by atoms with Crippen molar-refractivity contribution in [1.29, 1.82) is 0 Å². The van der Waals surface area contributed by atoms with E-state index in [4.69, 9.17) is 0 Å². The van der Waals surface area contributed by atoms with Gasteiger partial charge in [0.05, 0.1) is 0 Å². The first-order valence-corrected chi connectivity index (χ1v) is 7.29. The van der Waals surface area contributed by atoms with E-state index in [1.54, 1.807) is 6.07 Å². The molecule has 0 fully saturated rings. The molecule has 2 rings (SSSR count). The molecule has 0 aromatic heterocycles. The number of hydrogen-bond acceptors (Lipinski definition) is 0. The molecule has 0 heterocycles. The highest BCUT2D eigenvalue weighted by molar-refractivity contribution is 14.1. The molecule has 0 aliphatic heterocycles. The lowest BCUT2D eigenvalue weighted by molar-refractivity contribution is 0.608. The molecule has 88 valence electrons. The molecule has 3 heteroatoms. The predicted molar refractivity (Wildman–Crippen MR) is 80.9 cm³/mol. The normalized spacial score (nSPS) is 12.4. The lowest BCUT2D eigenvalue weighted by Crippen LogP contribution is -1.97. The molecule has 0 bridgehead atoms. The van der Waals surface area contributed by atoms with Crippen LogP contribution >= 0.6 is 38.5 Å². The van der Waals surface area contributed by atoms with Crippen LogP contribution in [0.5, 0.6) is 0 Å². The highest BCUT2D eigenvalue weighted by atomic mass is 127. The molecular formula is C14H11BrFI. The lowest BCUT2D eigenvalue weighted by atomic mass is 10.0. The van der Waals surface area contributed by atoms with Crippen LogP contribution in [0.3, 0.4) is 0 Å². The van der Waals surface area contributed by atoms with Gasteiger partial charge in [-0.15, -0.1) is 0 Å². The maximum atomic E-state index is 13.5. The second kappa shape index (κ2) is 5.96. The standard InChI is InChI=1S/C14H11BrFI/c15-13(10-5-7-12(17)8-6-10)9-11-3-1-2-4-14(11)16/h1-8,13H,9H2. The highest BCUT2D eigenvalue weighted by Gasteiger charge is 2.10. The van der Waals surface area contributed by atoms with Crippen molar-refractivity contribution >= 4 is 38.5 Å². The van der Waals surface area contributed by atoms with Gasteiger partial charge in [-0.2, -0.15) is 0 Å². The summed E-state index contributed by atoms with van der Waals surface area (Å²) < 4.78 is 14.7. The Morgan fingerprint density at radius 3 is 2.35 bits per heavy atom. The molecule has 0 radical (unpaired) electrons. The number of hydrogen-bond donors (Lipinski definition) is 0. The van der Waals surface area contributed by atoms with Gasteiger partial charge in [0.25, 0.3) is 0 Å². The fourth-order valence-corrected chi connectivity index (χ4v) is 2.66. The number of halogens is 3. The fourth-order valence-electron chi connectivity index (χ4n) is 1.65. The van der Waals surface area contributed by atoms with Crippen LogP contribution < -0.4 is 0 Å². The van der Waals surface area contributed by atoms with E-state index in [1.807, 2.05) is 12.1 Å². The van der Waals surface area contributed by atoms with Gasteiger partial charge in [-0.05, 0) is 58.3 Å². The average Bonchev–Trinajstić information content (AvgIpc) is 2.33. The monoisotopic (exact) mass is 404 g/mol. The Morgan fingerprint density at radius 2 is 1.71 bits per heavy atom. The van der Waals surface area contributed by atoms with Crippen LogP contribution in [-0.4, -0.2) is 0 Å². The zero-order valence-corrected chi connectivity index (χ0v) is 12.8. The smallest absolute Gasteiger partial charge is 0.126 e. The molecule has 0 aliphatic rings. The van der Waals surface area contributed by atoms with Crippen molar-refractivity contribution in [3.63, 3.8) is 0 Å². The van der Waals surface area contributed by atoms with Crippen molar-refractivity contribution in [3.05, 3.63) is 69.0 Å². The van der Waals surface area contributed by atoms with Crippen molar-refractivity contribution in [2.75, 3.05) is 0 Å². The van der Waals surface area contributed by atoms with Crippen LogP contribution in [0.1, 0.15) is 16.0 Å². The Labute approximate surface area is 123 Å². The number of alkyl halides is 1. The van der Waals surface area contributed by atoms with E-state index in [0.29, 0.717) is 6.42 Å². The van der Waals surface area contributed by atoms with E-state index in [0.717, 1.165) is 5.56 Å². The SMILES string of the molecule is Fc1ccccc1CC(Br)c1ccc(I)cc1. The number of rotatable bonds is 3. The van der Waals surface area contributed by atoms with Gasteiger partial charge in [0, 0.05) is 8.40 Å². The summed E-state index contributed by atoms with van der Waals surface area (Å²) in [5, 5.41) is 0. The molecule has 0 saturated carbocycles. The van der Waals surface area contributed by atoms with Crippen LogP contribution in [0.25, 0.3) is 0 Å².